The molecule has 0 radical (unpaired) electrons. The van der Waals surface area contributed by atoms with E-state index in [2.05, 4.69) is 4.90 Å². The fraction of sp³-hybridized carbons (Fsp3) is 0.273. The Hall–Kier alpha value is -2.64. The van der Waals surface area contributed by atoms with Crippen LogP contribution < -0.4 is 4.31 Å². The molecule has 29 heavy (non-hydrogen) atoms. The van der Waals surface area contributed by atoms with Crippen molar-refractivity contribution in [3.05, 3.63) is 84.6 Å². The van der Waals surface area contributed by atoms with Crippen molar-refractivity contribution in [1.82, 2.24) is 4.90 Å². The molecule has 1 aromatic heterocycles. The molecule has 0 saturated carbocycles. The smallest absolute Gasteiger partial charge is 0.264 e. The summed E-state index contributed by atoms with van der Waals surface area (Å²) in [6.07, 6.45) is 3.07. The van der Waals surface area contributed by atoms with E-state index in [0.717, 1.165) is 25.4 Å². The molecule has 152 valence electrons. The largest absolute Gasteiger partial charge is 0.468 e. The fourth-order valence-corrected chi connectivity index (χ4v) is 5.49. The van der Waals surface area contributed by atoms with Gasteiger partial charge in [0.2, 0.25) is 0 Å². The third-order valence-electron chi connectivity index (χ3n) is 5.23. The van der Waals surface area contributed by atoms with E-state index in [9.17, 15) is 12.8 Å². The Kier molecular flexibility index (Phi) is 5.69. The molecule has 0 atom stereocenters. The van der Waals surface area contributed by atoms with Gasteiger partial charge in [-0.15, -0.1) is 0 Å². The lowest BCUT2D eigenvalue weighted by Crippen LogP contribution is -2.47. The first kappa shape index (κ1) is 19.7. The minimum Gasteiger partial charge on any atom is -0.468 e. The number of nitrogens with zero attached hydrogens (tertiary/aromatic N) is 2. The molecular formula is C22H23FN2O3S. The van der Waals surface area contributed by atoms with E-state index in [1.54, 1.807) is 18.4 Å². The Morgan fingerprint density at radius 2 is 1.66 bits per heavy atom. The van der Waals surface area contributed by atoms with Crippen molar-refractivity contribution in [2.75, 3.05) is 17.4 Å². The molecule has 1 aliphatic rings. The summed E-state index contributed by atoms with van der Waals surface area (Å²) in [5.41, 5.74) is 0.626. The van der Waals surface area contributed by atoms with E-state index < -0.39 is 15.8 Å². The van der Waals surface area contributed by atoms with Gasteiger partial charge in [0, 0.05) is 19.1 Å². The number of furan rings is 1. The predicted molar refractivity (Wildman–Crippen MR) is 110 cm³/mol. The fourth-order valence-electron chi connectivity index (χ4n) is 3.78. The summed E-state index contributed by atoms with van der Waals surface area (Å²) >= 11 is 0. The van der Waals surface area contributed by atoms with Crippen LogP contribution in [0.25, 0.3) is 0 Å². The maximum Gasteiger partial charge on any atom is 0.264 e. The maximum absolute atomic E-state index is 13.5. The van der Waals surface area contributed by atoms with Crippen LogP contribution in [-0.2, 0) is 16.6 Å². The van der Waals surface area contributed by atoms with Crippen molar-refractivity contribution < 1.29 is 17.2 Å². The summed E-state index contributed by atoms with van der Waals surface area (Å²) in [5.74, 6) is 0.448. The highest BCUT2D eigenvalue weighted by Crippen LogP contribution is 2.30. The van der Waals surface area contributed by atoms with Crippen molar-refractivity contribution in [2.45, 2.75) is 30.3 Å². The third-order valence-corrected chi connectivity index (χ3v) is 7.12. The molecule has 4 rings (SSSR count). The van der Waals surface area contributed by atoms with Crippen LogP contribution >= 0.6 is 0 Å². The van der Waals surface area contributed by atoms with Crippen molar-refractivity contribution in [3.63, 3.8) is 0 Å². The van der Waals surface area contributed by atoms with Crippen LogP contribution in [0.4, 0.5) is 10.1 Å². The summed E-state index contributed by atoms with van der Waals surface area (Å²) in [6, 6.07) is 17.8. The SMILES string of the molecule is O=S(=O)(c1ccc(F)cc1)N(c1ccccc1)C1CCN(Cc2ccco2)CC1. The zero-order valence-electron chi connectivity index (χ0n) is 15.9. The van der Waals surface area contributed by atoms with Crippen LogP contribution in [0.15, 0.2) is 82.3 Å². The Morgan fingerprint density at radius 3 is 2.28 bits per heavy atom. The lowest BCUT2D eigenvalue weighted by molar-refractivity contribution is 0.193. The monoisotopic (exact) mass is 414 g/mol. The molecule has 5 nitrogen and oxygen atoms in total. The highest BCUT2D eigenvalue weighted by molar-refractivity contribution is 7.92. The Bertz CT molecular complexity index is 1010. The average molecular weight is 415 g/mol. The van der Waals surface area contributed by atoms with Gasteiger partial charge in [0.25, 0.3) is 10.0 Å². The molecule has 0 amide bonds. The number of likely N-dealkylation sites (tertiary alicyclic amines) is 1. The standard InChI is InChI=1S/C22H23FN2O3S/c23-18-8-10-22(11-9-18)29(26,27)25(19-5-2-1-3-6-19)20-12-14-24(15-13-20)17-21-7-4-16-28-21/h1-11,16,20H,12-15,17H2. The normalized spacial score (nSPS) is 16.0. The molecule has 0 N–H and O–H groups in total. The summed E-state index contributed by atoms with van der Waals surface area (Å²) < 4.78 is 47.2. The number of piperidine rings is 1. The zero-order chi connectivity index (χ0) is 20.3. The van der Waals surface area contributed by atoms with Gasteiger partial charge in [-0.2, -0.15) is 0 Å². The lowest BCUT2D eigenvalue weighted by atomic mass is 10.0. The van der Waals surface area contributed by atoms with Gasteiger partial charge in [0.15, 0.2) is 0 Å². The van der Waals surface area contributed by atoms with Gasteiger partial charge >= 0.3 is 0 Å². The van der Waals surface area contributed by atoms with Gasteiger partial charge in [-0.25, -0.2) is 12.8 Å². The van der Waals surface area contributed by atoms with Crippen LogP contribution in [0, 0.1) is 5.82 Å². The van der Waals surface area contributed by atoms with Gasteiger partial charge in [0.05, 0.1) is 23.4 Å². The van der Waals surface area contributed by atoms with Gasteiger partial charge in [-0.1, -0.05) is 18.2 Å². The maximum atomic E-state index is 13.5. The first-order chi connectivity index (χ1) is 14.0. The molecule has 3 aromatic rings. The second-order valence-corrected chi connectivity index (χ2v) is 8.99. The summed E-state index contributed by atoms with van der Waals surface area (Å²) in [7, 11) is -3.81. The Balaban J connectivity index is 1.58. The second kappa shape index (κ2) is 8.39. The van der Waals surface area contributed by atoms with Crippen LogP contribution in [0.3, 0.4) is 0 Å². The molecule has 0 bridgehead atoms. The number of hydrogen-bond donors (Lipinski definition) is 0. The van der Waals surface area contributed by atoms with E-state index in [-0.39, 0.29) is 10.9 Å². The number of hydrogen-bond acceptors (Lipinski definition) is 4. The van der Waals surface area contributed by atoms with Gasteiger partial charge in [-0.3, -0.25) is 9.21 Å². The molecule has 2 heterocycles. The third kappa shape index (κ3) is 4.36. The number of anilines is 1. The van der Waals surface area contributed by atoms with E-state index in [1.807, 2.05) is 30.3 Å². The van der Waals surface area contributed by atoms with Crippen LogP contribution in [0.1, 0.15) is 18.6 Å². The lowest BCUT2D eigenvalue weighted by Gasteiger charge is -2.38. The average Bonchev–Trinajstić information content (AvgIpc) is 3.24. The summed E-state index contributed by atoms with van der Waals surface area (Å²) in [6.45, 7) is 2.26. The van der Waals surface area contributed by atoms with E-state index in [0.29, 0.717) is 18.5 Å². The second-order valence-electron chi connectivity index (χ2n) is 7.18. The number of benzene rings is 2. The molecule has 2 aromatic carbocycles. The molecular weight excluding hydrogens is 391 g/mol. The van der Waals surface area contributed by atoms with Gasteiger partial charge < -0.3 is 4.42 Å². The van der Waals surface area contributed by atoms with Crippen molar-refractivity contribution in [1.29, 1.82) is 0 Å². The van der Waals surface area contributed by atoms with Crippen LogP contribution in [0.5, 0.6) is 0 Å². The zero-order valence-corrected chi connectivity index (χ0v) is 16.8. The quantitative estimate of drug-likeness (QED) is 0.604. The van der Waals surface area contributed by atoms with E-state index >= 15 is 0 Å². The Morgan fingerprint density at radius 1 is 0.966 bits per heavy atom. The van der Waals surface area contributed by atoms with Gasteiger partial charge in [0.1, 0.15) is 11.6 Å². The van der Waals surface area contributed by atoms with Crippen LogP contribution in [0.2, 0.25) is 0 Å². The van der Waals surface area contributed by atoms with Crippen molar-refractivity contribution in [2.24, 2.45) is 0 Å². The molecule has 7 heteroatoms. The highest BCUT2D eigenvalue weighted by Gasteiger charge is 2.34. The molecule has 0 aliphatic carbocycles. The first-order valence-corrected chi connectivity index (χ1v) is 11.1. The van der Waals surface area contributed by atoms with Gasteiger partial charge in [-0.05, 0) is 61.4 Å². The Labute approximate surface area is 170 Å². The number of halogens is 1. The number of para-hydroxylation sites is 1. The number of sulfonamides is 1. The van der Waals surface area contributed by atoms with Crippen LogP contribution in [-0.4, -0.2) is 32.4 Å². The summed E-state index contributed by atoms with van der Waals surface area (Å²) in [5, 5.41) is 0. The highest BCUT2D eigenvalue weighted by atomic mass is 32.2. The molecule has 0 unspecified atom stereocenters. The molecule has 0 spiro atoms. The minimum absolute atomic E-state index is 0.0979. The van der Waals surface area contributed by atoms with E-state index in [1.165, 1.54) is 28.6 Å². The molecule has 1 aliphatic heterocycles. The number of rotatable bonds is 6. The molecule has 1 fully saturated rings. The summed E-state index contributed by atoms with van der Waals surface area (Å²) in [4.78, 5) is 2.36. The van der Waals surface area contributed by atoms with Crippen molar-refractivity contribution in [3.8, 4) is 0 Å². The molecule has 1 saturated heterocycles. The van der Waals surface area contributed by atoms with E-state index in [4.69, 9.17) is 4.42 Å². The predicted octanol–water partition coefficient (Wildman–Crippen LogP) is 4.28. The first-order valence-electron chi connectivity index (χ1n) is 9.64. The van der Waals surface area contributed by atoms with Crippen molar-refractivity contribution >= 4 is 15.7 Å². The minimum atomic E-state index is -3.81. The topological polar surface area (TPSA) is 53.8 Å².